The van der Waals surface area contributed by atoms with E-state index in [1.807, 2.05) is 18.2 Å². The van der Waals surface area contributed by atoms with Crippen LogP contribution in [0.3, 0.4) is 0 Å². The molecule has 33 heavy (non-hydrogen) atoms. The molecule has 1 aliphatic rings. The van der Waals surface area contributed by atoms with Gasteiger partial charge in [0.2, 0.25) is 0 Å². The molecule has 1 heterocycles. The van der Waals surface area contributed by atoms with Crippen molar-refractivity contribution in [3.05, 3.63) is 102 Å². The van der Waals surface area contributed by atoms with E-state index in [1.165, 1.54) is 17.5 Å². The zero-order valence-corrected chi connectivity index (χ0v) is 20.2. The first kappa shape index (κ1) is 23.5. The fourth-order valence-corrected chi connectivity index (χ4v) is 5.80. The first-order valence-corrected chi connectivity index (χ1v) is 12.3. The Balaban J connectivity index is 1.88. The fourth-order valence-electron chi connectivity index (χ4n) is 5.80. The van der Waals surface area contributed by atoms with Gasteiger partial charge in [-0.3, -0.25) is 4.90 Å². The number of para-hydroxylation sites is 1. The van der Waals surface area contributed by atoms with Crippen molar-refractivity contribution in [1.29, 1.82) is 0 Å². The van der Waals surface area contributed by atoms with Gasteiger partial charge < -0.3 is 9.84 Å². The summed E-state index contributed by atoms with van der Waals surface area (Å²) in [7, 11) is 3.93. The Hall–Kier alpha value is -2.62. The molecule has 3 aromatic rings. The number of nitrogens with zero attached hydrogens (tertiary/aromatic N) is 1. The molecule has 1 saturated heterocycles. The third kappa shape index (κ3) is 4.71. The fraction of sp³-hybridized carbons (Fsp3) is 0.400. The molecule has 1 N–H and O–H groups in total. The Bertz CT molecular complexity index is 1010. The first-order chi connectivity index (χ1) is 16.1. The van der Waals surface area contributed by atoms with Crippen molar-refractivity contribution in [1.82, 2.24) is 4.90 Å². The smallest absolute Gasteiger partial charge is 0.124 e. The summed E-state index contributed by atoms with van der Waals surface area (Å²) in [5.41, 5.74) is 2.40. The normalized spacial score (nSPS) is 25.6. The number of hydrogen-bond acceptors (Lipinski definition) is 3. The summed E-state index contributed by atoms with van der Waals surface area (Å²) in [6.45, 7) is 2.24. The van der Waals surface area contributed by atoms with Crippen LogP contribution in [0.1, 0.15) is 67.8 Å². The van der Waals surface area contributed by atoms with Gasteiger partial charge in [0, 0.05) is 30.0 Å². The lowest BCUT2D eigenvalue weighted by molar-refractivity contribution is -0.131. The zero-order chi connectivity index (χ0) is 23.3. The standard InChI is InChI=1S/C30H37NO2/c1-4-5-8-20-26-29(24-17-11-7-12-18-24)31(2)27(23-15-9-6-10-16-23)22-30(26,32)25-19-13-14-21-28(25)33-3/h6-7,9-19,21,26-27,29,32H,4-5,8,20,22H2,1-3H3/t26-,27-,29-,30-/m0/s1. The number of rotatable bonds is 8. The van der Waals surface area contributed by atoms with Crippen molar-refractivity contribution < 1.29 is 9.84 Å². The summed E-state index contributed by atoms with van der Waals surface area (Å²) in [5, 5.41) is 12.7. The van der Waals surface area contributed by atoms with E-state index in [2.05, 4.69) is 85.6 Å². The number of benzene rings is 3. The maximum absolute atomic E-state index is 12.7. The Morgan fingerprint density at radius 1 is 0.879 bits per heavy atom. The number of piperidine rings is 1. The Morgan fingerprint density at radius 3 is 2.12 bits per heavy atom. The third-order valence-electron chi connectivity index (χ3n) is 7.45. The molecule has 3 heteroatoms. The van der Waals surface area contributed by atoms with E-state index in [4.69, 9.17) is 4.74 Å². The average Bonchev–Trinajstić information content (AvgIpc) is 2.87. The van der Waals surface area contributed by atoms with Gasteiger partial charge in [-0.05, 0) is 30.7 Å². The van der Waals surface area contributed by atoms with E-state index in [-0.39, 0.29) is 18.0 Å². The van der Waals surface area contributed by atoms with E-state index in [9.17, 15) is 5.11 Å². The molecule has 0 unspecified atom stereocenters. The molecule has 0 saturated carbocycles. The highest BCUT2D eigenvalue weighted by Crippen LogP contribution is 2.56. The SMILES string of the molecule is CCCCC[C@H]1[C@H](c2ccccc2)N(C)[C@H](c2ccccc2)C[C@]1(O)c1ccccc1OC. The number of unbranched alkanes of at least 4 members (excludes halogenated alkanes) is 2. The summed E-state index contributed by atoms with van der Waals surface area (Å²) in [6, 6.07) is 29.5. The lowest BCUT2D eigenvalue weighted by atomic mass is 9.65. The van der Waals surface area contributed by atoms with E-state index < -0.39 is 5.60 Å². The lowest BCUT2D eigenvalue weighted by Gasteiger charge is -2.54. The van der Waals surface area contributed by atoms with Crippen LogP contribution >= 0.6 is 0 Å². The van der Waals surface area contributed by atoms with Crippen LogP contribution < -0.4 is 4.74 Å². The molecule has 1 aliphatic heterocycles. The maximum atomic E-state index is 12.7. The van der Waals surface area contributed by atoms with Crippen LogP contribution in [0.4, 0.5) is 0 Å². The minimum atomic E-state index is -1.01. The molecule has 0 aliphatic carbocycles. The Labute approximate surface area is 199 Å². The zero-order valence-electron chi connectivity index (χ0n) is 20.2. The molecular formula is C30H37NO2. The van der Waals surface area contributed by atoms with Gasteiger partial charge in [-0.15, -0.1) is 0 Å². The van der Waals surface area contributed by atoms with Crippen molar-refractivity contribution in [2.24, 2.45) is 5.92 Å². The summed E-state index contributed by atoms with van der Waals surface area (Å²) in [4.78, 5) is 2.49. The summed E-state index contributed by atoms with van der Waals surface area (Å²) in [5.74, 6) is 0.816. The van der Waals surface area contributed by atoms with Gasteiger partial charge >= 0.3 is 0 Å². The molecule has 0 radical (unpaired) electrons. The van der Waals surface area contributed by atoms with Gasteiger partial charge in [-0.25, -0.2) is 0 Å². The molecule has 1 fully saturated rings. The van der Waals surface area contributed by atoms with Crippen LogP contribution in [0.25, 0.3) is 0 Å². The number of likely N-dealkylation sites (tertiary alicyclic amines) is 1. The second-order valence-corrected chi connectivity index (χ2v) is 9.38. The molecule has 4 rings (SSSR count). The highest BCUT2D eigenvalue weighted by Gasteiger charge is 2.52. The first-order valence-electron chi connectivity index (χ1n) is 12.3. The Kier molecular flexibility index (Phi) is 7.52. The number of aliphatic hydroxyl groups is 1. The van der Waals surface area contributed by atoms with Crippen molar-refractivity contribution in [2.45, 2.75) is 56.7 Å². The van der Waals surface area contributed by atoms with Crippen LogP contribution in [-0.4, -0.2) is 24.2 Å². The van der Waals surface area contributed by atoms with E-state index in [0.29, 0.717) is 6.42 Å². The van der Waals surface area contributed by atoms with Crippen LogP contribution in [0.2, 0.25) is 0 Å². The van der Waals surface area contributed by atoms with Crippen molar-refractivity contribution >= 4 is 0 Å². The number of hydrogen-bond donors (Lipinski definition) is 1. The monoisotopic (exact) mass is 443 g/mol. The van der Waals surface area contributed by atoms with E-state index in [0.717, 1.165) is 30.6 Å². The highest BCUT2D eigenvalue weighted by molar-refractivity contribution is 5.41. The predicted octanol–water partition coefficient (Wildman–Crippen LogP) is 6.90. The molecule has 0 aromatic heterocycles. The lowest BCUT2D eigenvalue weighted by Crippen LogP contribution is -2.52. The van der Waals surface area contributed by atoms with Gasteiger partial charge in [0.05, 0.1) is 12.7 Å². The van der Waals surface area contributed by atoms with Gasteiger partial charge in [0.25, 0.3) is 0 Å². The molecule has 174 valence electrons. The molecule has 3 aromatic carbocycles. The second kappa shape index (κ2) is 10.5. The van der Waals surface area contributed by atoms with E-state index in [1.54, 1.807) is 7.11 Å². The highest BCUT2D eigenvalue weighted by atomic mass is 16.5. The summed E-state index contributed by atoms with van der Waals surface area (Å²) >= 11 is 0. The topological polar surface area (TPSA) is 32.7 Å². The average molecular weight is 444 g/mol. The minimum absolute atomic E-state index is 0.0488. The summed E-state index contributed by atoms with van der Waals surface area (Å²) in [6.07, 6.45) is 5.04. The van der Waals surface area contributed by atoms with Gasteiger partial charge in [-0.1, -0.05) is 105 Å². The van der Waals surface area contributed by atoms with Gasteiger partial charge in [0.1, 0.15) is 5.75 Å². The van der Waals surface area contributed by atoms with Crippen LogP contribution in [0, 0.1) is 5.92 Å². The second-order valence-electron chi connectivity index (χ2n) is 9.38. The van der Waals surface area contributed by atoms with Crippen molar-refractivity contribution in [2.75, 3.05) is 14.2 Å². The largest absolute Gasteiger partial charge is 0.496 e. The quantitative estimate of drug-likeness (QED) is 0.385. The van der Waals surface area contributed by atoms with E-state index >= 15 is 0 Å². The van der Waals surface area contributed by atoms with Crippen LogP contribution in [0.15, 0.2) is 84.9 Å². The number of methoxy groups -OCH3 is 1. The Morgan fingerprint density at radius 2 is 1.48 bits per heavy atom. The van der Waals surface area contributed by atoms with Gasteiger partial charge in [0.15, 0.2) is 0 Å². The summed E-state index contributed by atoms with van der Waals surface area (Å²) < 4.78 is 5.77. The maximum Gasteiger partial charge on any atom is 0.124 e. The minimum Gasteiger partial charge on any atom is -0.496 e. The van der Waals surface area contributed by atoms with Crippen molar-refractivity contribution in [3.63, 3.8) is 0 Å². The molecular weight excluding hydrogens is 406 g/mol. The van der Waals surface area contributed by atoms with Gasteiger partial charge in [-0.2, -0.15) is 0 Å². The molecule has 0 spiro atoms. The van der Waals surface area contributed by atoms with Crippen LogP contribution in [-0.2, 0) is 5.60 Å². The molecule has 0 bridgehead atoms. The van der Waals surface area contributed by atoms with Crippen LogP contribution in [0.5, 0.6) is 5.75 Å². The third-order valence-corrected chi connectivity index (χ3v) is 7.45. The molecule has 4 atom stereocenters. The van der Waals surface area contributed by atoms with Crippen molar-refractivity contribution in [3.8, 4) is 5.75 Å². The number of ether oxygens (including phenoxy) is 1. The predicted molar refractivity (Wildman–Crippen MR) is 135 cm³/mol. The molecule has 0 amide bonds. The molecule has 3 nitrogen and oxygen atoms in total.